The summed E-state index contributed by atoms with van der Waals surface area (Å²) in [5, 5.41) is 5.54. The first kappa shape index (κ1) is 36.4. The third kappa shape index (κ3) is 7.76. The molecule has 2 N–H and O–H groups in total. The number of rotatable bonds is 15. The average Bonchev–Trinajstić information content (AvgIpc) is 3.59. The molecule has 0 saturated heterocycles. The van der Waals surface area contributed by atoms with E-state index in [-0.39, 0.29) is 48.1 Å². The predicted octanol–water partition coefficient (Wildman–Crippen LogP) is 3.75. The standard InChI is InChI=1S/C41H38N4O8/c1-53-41(52)32(43-36(47)34(25-27-16-6-3-7-17-27)45-39(50)30-20-10-11-21-31(30)40(45)51)22-12-13-23-42-35(46)33(24-26-14-4-2-5-15-26)44-37(48)28-18-8-9-19-29(28)38(44)49/h2-11,14-21,32-34H,12-13,22-25H2,1H3,(H,42,46)(H,43,47). The number of fused-ring (bicyclic) bond motifs is 2. The normalized spacial score (nSPS) is 15.0. The lowest BCUT2D eigenvalue weighted by Gasteiger charge is -2.27. The second kappa shape index (κ2) is 16.3. The van der Waals surface area contributed by atoms with Gasteiger partial charge in [0.1, 0.15) is 18.1 Å². The number of nitrogens with one attached hydrogen (secondary N) is 2. The molecule has 3 unspecified atom stereocenters. The third-order valence-electron chi connectivity index (χ3n) is 9.44. The second-order valence-corrected chi connectivity index (χ2v) is 12.8. The van der Waals surface area contributed by atoms with Crippen LogP contribution in [0.5, 0.6) is 0 Å². The lowest BCUT2D eigenvalue weighted by atomic mass is 10.0. The van der Waals surface area contributed by atoms with Crippen molar-refractivity contribution in [1.82, 2.24) is 20.4 Å². The van der Waals surface area contributed by atoms with Gasteiger partial charge in [0.05, 0.1) is 29.4 Å². The number of methoxy groups -OCH3 is 1. The number of carbonyl (C=O) groups is 7. The van der Waals surface area contributed by atoms with Crippen molar-refractivity contribution >= 4 is 41.4 Å². The van der Waals surface area contributed by atoms with E-state index in [9.17, 15) is 33.6 Å². The number of esters is 1. The van der Waals surface area contributed by atoms with Crippen molar-refractivity contribution in [2.24, 2.45) is 0 Å². The van der Waals surface area contributed by atoms with Crippen molar-refractivity contribution in [2.45, 2.75) is 50.2 Å². The van der Waals surface area contributed by atoms with Gasteiger partial charge in [-0.3, -0.25) is 38.6 Å². The van der Waals surface area contributed by atoms with Crippen LogP contribution in [-0.2, 0) is 32.0 Å². The Balaban J connectivity index is 1.10. The summed E-state index contributed by atoms with van der Waals surface area (Å²) in [5.74, 6) is -4.19. The zero-order valence-corrected chi connectivity index (χ0v) is 29.0. The molecule has 6 rings (SSSR count). The summed E-state index contributed by atoms with van der Waals surface area (Å²) < 4.78 is 4.98. The Bertz CT molecular complexity index is 1980. The van der Waals surface area contributed by atoms with Crippen LogP contribution >= 0.6 is 0 Å². The molecule has 0 bridgehead atoms. The number of ether oxygens (including phenoxy) is 1. The van der Waals surface area contributed by atoms with Gasteiger partial charge in [0.25, 0.3) is 23.6 Å². The van der Waals surface area contributed by atoms with Crippen LogP contribution in [0, 0.1) is 0 Å². The summed E-state index contributed by atoms with van der Waals surface area (Å²) in [5.41, 5.74) is 2.36. The zero-order chi connectivity index (χ0) is 37.5. The van der Waals surface area contributed by atoms with Gasteiger partial charge in [-0.05, 0) is 54.7 Å². The summed E-state index contributed by atoms with van der Waals surface area (Å²) in [4.78, 5) is 95.8. The molecule has 2 aliphatic rings. The molecular formula is C41H38N4O8. The van der Waals surface area contributed by atoms with E-state index in [0.717, 1.165) is 15.4 Å². The van der Waals surface area contributed by atoms with E-state index in [1.165, 1.54) is 19.2 Å². The molecule has 0 fully saturated rings. The van der Waals surface area contributed by atoms with Crippen LogP contribution < -0.4 is 10.6 Å². The summed E-state index contributed by atoms with van der Waals surface area (Å²) in [6, 6.07) is 27.4. The van der Waals surface area contributed by atoms with Crippen molar-refractivity contribution in [3.63, 3.8) is 0 Å². The molecular weight excluding hydrogens is 676 g/mol. The lowest BCUT2D eigenvalue weighted by molar-refractivity contribution is -0.145. The fourth-order valence-corrected chi connectivity index (χ4v) is 6.72. The van der Waals surface area contributed by atoms with Gasteiger partial charge >= 0.3 is 5.97 Å². The molecule has 6 amide bonds. The van der Waals surface area contributed by atoms with Gasteiger partial charge in [0.2, 0.25) is 11.8 Å². The smallest absolute Gasteiger partial charge is 0.328 e. The number of unbranched alkanes of at least 4 members (excludes halogenated alkanes) is 1. The average molecular weight is 715 g/mol. The van der Waals surface area contributed by atoms with Crippen molar-refractivity contribution in [3.8, 4) is 0 Å². The minimum Gasteiger partial charge on any atom is -0.467 e. The number of nitrogens with zero attached hydrogens (tertiary/aromatic N) is 2. The van der Waals surface area contributed by atoms with Gasteiger partial charge in [-0.2, -0.15) is 0 Å². The molecule has 270 valence electrons. The maximum atomic E-state index is 13.9. The van der Waals surface area contributed by atoms with Crippen LogP contribution in [0.15, 0.2) is 109 Å². The number of hydrogen-bond acceptors (Lipinski definition) is 8. The van der Waals surface area contributed by atoms with E-state index in [4.69, 9.17) is 4.74 Å². The van der Waals surface area contributed by atoms with Crippen molar-refractivity contribution < 1.29 is 38.3 Å². The third-order valence-corrected chi connectivity index (χ3v) is 9.44. The van der Waals surface area contributed by atoms with Crippen LogP contribution in [0.4, 0.5) is 0 Å². The predicted molar refractivity (Wildman–Crippen MR) is 193 cm³/mol. The largest absolute Gasteiger partial charge is 0.467 e. The summed E-state index contributed by atoms with van der Waals surface area (Å²) in [6.45, 7) is 0.154. The number of benzene rings is 4. The highest BCUT2D eigenvalue weighted by Crippen LogP contribution is 2.28. The topological polar surface area (TPSA) is 159 Å². The molecule has 0 aromatic heterocycles. The number of hydrogen-bond donors (Lipinski definition) is 2. The van der Waals surface area contributed by atoms with Crippen molar-refractivity contribution in [3.05, 3.63) is 143 Å². The van der Waals surface area contributed by atoms with Gasteiger partial charge in [0, 0.05) is 19.4 Å². The number of imide groups is 2. The fraction of sp³-hybridized carbons (Fsp3) is 0.244. The Morgan fingerprint density at radius 2 is 0.962 bits per heavy atom. The molecule has 53 heavy (non-hydrogen) atoms. The van der Waals surface area contributed by atoms with E-state index in [0.29, 0.717) is 18.4 Å². The molecule has 0 radical (unpaired) electrons. The Hall–Kier alpha value is -6.43. The Kier molecular flexibility index (Phi) is 11.2. The molecule has 12 nitrogen and oxygen atoms in total. The van der Waals surface area contributed by atoms with E-state index in [2.05, 4.69) is 10.6 Å². The Labute approximate surface area is 306 Å². The second-order valence-electron chi connectivity index (χ2n) is 12.8. The monoisotopic (exact) mass is 714 g/mol. The molecule has 12 heteroatoms. The highest BCUT2D eigenvalue weighted by Gasteiger charge is 2.44. The Morgan fingerprint density at radius 3 is 1.38 bits per heavy atom. The molecule has 0 aliphatic carbocycles. The van der Waals surface area contributed by atoms with Crippen molar-refractivity contribution in [2.75, 3.05) is 13.7 Å². The summed E-state index contributed by atoms with van der Waals surface area (Å²) in [6.07, 6.45) is 0.996. The van der Waals surface area contributed by atoms with Crippen LogP contribution in [0.25, 0.3) is 0 Å². The first-order valence-electron chi connectivity index (χ1n) is 17.4. The highest BCUT2D eigenvalue weighted by atomic mass is 16.5. The molecule has 2 aliphatic heterocycles. The number of amides is 6. The van der Waals surface area contributed by atoms with Crippen LogP contribution in [0.1, 0.15) is 71.8 Å². The minimum atomic E-state index is -1.25. The van der Waals surface area contributed by atoms with Gasteiger partial charge < -0.3 is 15.4 Å². The molecule has 4 aromatic rings. The molecule has 0 saturated carbocycles. The SMILES string of the molecule is COC(=O)C(CCCCNC(=O)C(Cc1ccccc1)N1C(=O)c2ccccc2C1=O)NC(=O)C(Cc1ccccc1)N1C(=O)c2ccccc2C1=O. The maximum Gasteiger partial charge on any atom is 0.328 e. The van der Waals surface area contributed by atoms with E-state index >= 15 is 0 Å². The first-order chi connectivity index (χ1) is 25.7. The van der Waals surface area contributed by atoms with E-state index in [1.807, 2.05) is 36.4 Å². The highest BCUT2D eigenvalue weighted by molar-refractivity contribution is 6.23. The lowest BCUT2D eigenvalue weighted by Crippen LogP contribution is -2.54. The van der Waals surface area contributed by atoms with Gasteiger partial charge in [-0.25, -0.2) is 4.79 Å². The molecule has 0 spiro atoms. The van der Waals surface area contributed by atoms with E-state index in [1.54, 1.807) is 60.7 Å². The maximum absolute atomic E-state index is 13.9. The molecule has 2 heterocycles. The van der Waals surface area contributed by atoms with Gasteiger partial charge in [-0.15, -0.1) is 0 Å². The van der Waals surface area contributed by atoms with Gasteiger partial charge in [-0.1, -0.05) is 84.9 Å². The first-order valence-corrected chi connectivity index (χ1v) is 17.4. The number of carbonyl (C=O) groups excluding carboxylic acids is 7. The minimum absolute atomic E-state index is 0.0231. The quantitative estimate of drug-likeness (QED) is 0.107. The van der Waals surface area contributed by atoms with Crippen LogP contribution in [0.3, 0.4) is 0 Å². The van der Waals surface area contributed by atoms with Crippen LogP contribution in [0.2, 0.25) is 0 Å². The van der Waals surface area contributed by atoms with Crippen LogP contribution in [-0.4, -0.2) is 83.0 Å². The van der Waals surface area contributed by atoms with E-state index < -0.39 is 59.5 Å². The Morgan fingerprint density at radius 1 is 0.566 bits per heavy atom. The fourth-order valence-electron chi connectivity index (χ4n) is 6.72. The molecule has 4 aromatic carbocycles. The molecule has 3 atom stereocenters. The van der Waals surface area contributed by atoms with Gasteiger partial charge in [0.15, 0.2) is 0 Å². The zero-order valence-electron chi connectivity index (χ0n) is 29.0. The van der Waals surface area contributed by atoms with Crippen molar-refractivity contribution in [1.29, 1.82) is 0 Å². The summed E-state index contributed by atoms with van der Waals surface area (Å²) >= 11 is 0. The summed E-state index contributed by atoms with van der Waals surface area (Å²) in [7, 11) is 1.19.